The third-order valence-corrected chi connectivity index (χ3v) is 2.24. The highest BCUT2D eigenvalue weighted by Gasteiger charge is 2.15. The minimum Gasteiger partial charge on any atom is -0.466 e. The average molecular weight is 196 g/mol. The second-order valence-electron chi connectivity index (χ2n) is 3.39. The Hall–Kier alpha value is -1.05. The molecule has 0 aromatic heterocycles. The Balaban J connectivity index is 4.41. The normalized spacial score (nSPS) is 13.5. The van der Waals surface area contributed by atoms with E-state index in [9.17, 15) is 4.79 Å². The molecule has 0 rings (SSSR count). The highest BCUT2D eigenvalue weighted by atomic mass is 16.5. The van der Waals surface area contributed by atoms with Gasteiger partial charge in [-0.3, -0.25) is 0 Å². The van der Waals surface area contributed by atoms with Crippen LogP contribution in [0.1, 0.15) is 33.1 Å². The standard InChI is InChI=1S/C12H20O2/c1-5-7-9-10(3)11(8-6-2)12(13)14-4/h6,8,10H,2,5,7,9H2,1,3-4H3/b11-8-/t10-/m0/s1. The van der Waals surface area contributed by atoms with Crippen LogP contribution >= 0.6 is 0 Å². The maximum atomic E-state index is 11.4. The lowest BCUT2D eigenvalue weighted by Gasteiger charge is -2.12. The summed E-state index contributed by atoms with van der Waals surface area (Å²) in [7, 11) is 1.41. The molecule has 0 N–H and O–H groups in total. The van der Waals surface area contributed by atoms with E-state index in [-0.39, 0.29) is 11.9 Å². The quantitative estimate of drug-likeness (QED) is 0.370. The maximum Gasteiger partial charge on any atom is 0.333 e. The smallest absolute Gasteiger partial charge is 0.333 e. The first-order chi connectivity index (χ1) is 6.67. The van der Waals surface area contributed by atoms with Crippen molar-refractivity contribution >= 4 is 5.97 Å². The molecular formula is C12H20O2. The summed E-state index contributed by atoms with van der Waals surface area (Å²) in [5.74, 6) is 0.00824. The van der Waals surface area contributed by atoms with Gasteiger partial charge in [0, 0.05) is 5.57 Å². The molecule has 0 aliphatic heterocycles. The van der Waals surface area contributed by atoms with Crippen molar-refractivity contribution in [2.24, 2.45) is 5.92 Å². The van der Waals surface area contributed by atoms with Crippen LogP contribution in [0, 0.1) is 5.92 Å². The zero-order valence-corrected chi connectivity index (χ0v) is 9.38. The molecule has 0 radical (unpaired) electrons. The number of hydrogen-bond donors (Lipinski definition) is 0. The van der Waals surface area contributed by atoms with E-state index in [1.165, 1.54) is 7.11 Å². The summed E-state index contributed by atoms with van der Waals surface area (Å²) in [5, 5.41) is 0. The highest BCUT2D eigenvalue weighted by molar-refractivity contribution is 5.89. The predicted molar refractivity (Wildman–Crippen MR) is 59.0 cm³/mol. The van der Waals surface area contributed by atoms with Gasteiger partial charge in [-0.1, -0.05) is 45.4 Å². The van der Waals surface area contributed by atoms with E-state index in [2.05, 4.69) is 13.5 Å². The van der Waals surface area contributed by atoms with Crippen molar-refractivity contribution < 1.29 is 9.53 Å². The summed E-state index contributed by atoms with van der Waals surface area (Å²) in [5.41, 5.74) is 0.718. The van der Waals surface area contributed by atoms with Gasteiger partial charge in [-0.15, -0.1) is 0 Å². The van der Waals surface area contributed by atoms with Crippen LogP contribution in [0.2, 0.25) is 0 Å². The molecule has 0 aliphatic rings. The molecule has 1 atom stereocenters. The minimum atomic E-state index is -0.242. The fraction of sp³-hybridized carbons (Fsp3) is 0.583. The molecule has 0 heterocycles. The monoisotopic (exact) mass is 196 g/mol. The van der Waals surface area contributed by atoms with Crippen LogP contribution in [-0.2, 0) is 9.53 Å². The van der Waals surface area contributed by atoms with Gasteiger partial charge in [0.15, 0.2) is 0 Å². The van der Waals surface area contributed by atoms with Crippen LogP contribution in [0.3, 0.4) is 0 Å². The fourth-order valence-electron chi connectivity index (χ4n) is 1.34. The number of unbranched alkanes of at least 4 members (excludes halogenated alkanes) is 1. The summed E-state index contributed by atoms with van der Waals surface area (Å²) in [6.45, 7) is 7.78. The Labute approximate surface area is 86.6 Å². The first-order valence-corrected chi connectivity index (χ1v) is 5.08. The van der Waals surface area contributed by atoms with E-state index >= 15 is 0 Å². The molecule has 0 aromatic carbocycles. The summed E-state index contributed by atoms with van der Waals surface area (Å²) < 4.78 is 4.71. The van der Waals surface area contributed by atoms with Gasteiger partial charge in [-0.05, 0) is 12.3 Å². The first-order valence-electron chi connectivity index (χ1n) is 5.08. The third kappa shape index (κ3) is 4.26. The zero-order chi connectivity index (χ0) is 11.0. The van der Waals surface area contributed by atoms with Gasteiger partial charge in [0.25, 0.3) is 0 Å². The molecule has 0 fully saturated rings. The van der Waals surface area contributed by atoms with Crippen molar-refractivity contribution in [3.8, 4) is 0 Å². The van der Waals surface area contributed by atoms with Gasteiger partial charge >= 0.3 is 5.97 Å². The number of esters is 1. The van der Waals surface area contributed by atoms with Crippen LogP contribution in [0.15, 0.2) is 24.3 Å². The highest BCUT2D eigenvalue weighted by Crippen LogP contribution is 2.18. The minimum absolute atomic E-state index is 0.242. The lowest BCUT2D eigenvalue weighted by Crippen LogP contribution is -2.12. The number of ether oxygens (including phenoxy) is 1. The first kappa shape index (κ1) is 12.9. The van der Waals surface area contributed by atoms with E-state index in [1.54, 1.807) is 12.2 Å². The van der Waals surface area contributed by atoms with Gasteiger partial charge < -0.3 is 4.74 Å². The molecule has 0 unspecified atom stereocenters. The topological polar surface area (TPSA) is 26.3 Å². The summed E-state index contributed by atoms with van der Waals surface area (Å²) in [4.78, 5) is 11.4. The predicted octanol–water partition coefficient (Wildman–Crippen LogP) is 3.10. The van der Waals surface area contributed by atoms with Crippen molar-refractivity contribution in [3.63, 3.8) is 0 Å². The lowest BCUT2D eigenvalue weighted by atomic mass is 9.95. The summed E-state index contributed by atoms with van der Waals surface area (Å²) >= 11 is 0. The van der Waals surface area contributed by atoms with Gasteiger partial charge in [-0.25, -0.2) is 4.79 Å². The largest absolute Gasteiger partial charge is 0.466 e. The molecule has 80 valence electrons. The van der Waals surface area contributed by atoms with E-state index < -0.39 is 0 Å². The average Bonchev–Trinajstić information content (AvgIpc) is 2.21. The van der Waals surface area contributed by atoms with E-state index in [0.717, 1.165) is 24.8 Å². The Kier molecular flexibility index (Phi) is 6.81. The number of carbonyl (C=O) groups excluding carboxylic acids is 1. The SMILES string of the molecule is C=C/C=C(\C(=O)OC)[C@@H](C)CCCC. The molecule has 0 saturated heterocycles. The molecule has 0 aromatic rings. The van der Waals surface area contributed by atoms with Gasteiger partial charge in [-0.2, -0.15) is 0 Å². The van der Waals surface area contributed by atoms with E-state index in [0.29, 0.717) is 0 Å². The molecule has 0 bridgehead atoms. The van der Waals surface area contributed by atoms with Crippen LogP contribution in [0.25, 0.3) is 0 Å². The van der Waals surface area contributed by atoms with Gasteiger partial charge in [0.1, 0.15) is 0 Å². The number of hydrogen-bond acceptors (Lipinski definition) is 2. The van der Waals surface area contributed by atoms with Crippen molar-refractivity contribution in [1.29, 1.82) is 0 Å². The van der Waals surface area contributed by atoms with Gasteiger partial charge in [0.2, 0.25) is 0 Å². The fourth-order valence-corrected chi connectivity index (χ4v) is 1.34. The Morgan fingerprint density at radius 3 is 2.64 bits per heavy atom. The third-order valence-electron chi connectivity index (χ3n) is 2.24. The van der Waals surface area contributed by atoms with Crippen LogP contribution in [0.5, 0.6) is 0 Å². The zero-order valence-electron chi connectivity index (χ0n) is 9.38. The lowest BCUT2D eigenvalue weighted by molar-refractivity contribution is -0.136. The van der Waals surface area contributed by atoms with E-state index in [1.807, 2.05) is 6.92 Å². The van der Waals surface area contributed by atoms with E-state index in [4.69, 9.17) is 4.74 Å². The second-order valence-corrected chi connectivity index (χ2v) is 3.39. The van der Waals surface area contributed by atoms with Gasteiger partial charge in [0.05, 0.1) is 7.11 Å². The molecule has 0 spiro atoms. The van der Waals surface area contributed by atoms with Crippen molar-refractivity contribution in [2.45, 2.75) is 33.1 Å². The summed E-state index contributed by atoms with van der Waals surface area (Å²) in [6.07, 6.45) is 6.67. The van der Waals surface area contributed by atoms with Crippen molar-refractivity contribution in [1.82, 2.24) is 0 Å². The molecule has 2 heteroatoms. The molecule has 2 nitrogen and oxygen atoms in total. The van der Waals surface area contributed by atoms with Crippen LogP contribution in [-0.4, -0.2) is 13.1 Å². The Morgan fingerprint density at radius 1 is 1.57 bits per heavy atom. The van der Waals surface area contributed by atoms with Crippen molar-refractivity contribution in [3.05, 3.63) is 24.3 Å². The number of carbonyl (C=O) groups is 1. The molecule has 0 amide bonds. The molecule has 0 saturated carbocycles. The second kappa shape index (κ2) is 7.36. The molecule has 14 heavy (non-hydrogen) atoms. The Morgan fingerprint density at radius 2 is 2.21 bits per heavy atom. The number of allylic oxidation sites excluding steroid dienone is 2. The number of rotatable bonds is 6. The van der Waals surface area contributed by atoms with Crippen molar-refractivity contribution in [2.75, 3.05) is 7.11 Å². The number of methoxy groups -OCH3 is 1. The summed E-state index contributed by atoms with van der Waals surface area (Å²) in [6, 6.07) is 0. The molecule has 0 aliphatic carbocycles. The maximum absolute atomic E-state index is 11.4. The van der Waals surface area contributed by atoms with Crippen LogP contribution in [0.4, 0.5) is 0 Å². The van der Waals surface area contributed by atoms with Crippen LogP contribution < -0.4 is 0 Å². The molecular weight excluding hydrogens is 176 g/mol. The Bertz CT molecular complexity index is 216.